The zero-order valence-electron chi connectivity index (χ0n) is 23.2. The third kappa shape index (κ3) is 5.32. The molecule has 0 aliphatic rings. The molecule has 0 fully saturated rings. The third-order valence-electron chi connectivity index (χ3n) is 7.41. The lowest BCUT2D eigenvalue weighted by Crippen LogP contribution is -2.16. The molecule has 0 aliphatic carbocycles. The van der Waals surface area contributed by atoms with Crippen LogP contribution in [0.15, 0.2) is 146 Å². The Labute approximate surface area is 251 Å². The minimum atomic E-state index is -0.101. The van der Waals surface area contributed by atoms with Gasteiger partial charge in [0, 0.05) is 23.2 Å². The lowest BCUT2D eigenvalue weighted by molar-refractivity contribution is 0.103. The molecule has 42 heavy (non-hydrogen) atoms. The monoisotopic (exact) mass is 563 g/mol. The van der Waals surface area contributed by atoms with Gasteiger partial charge >= 0.3 is 0 Å². The van der Waals surface area contributed by atoms with Crippen molar-refractivity contribution >= 4 is 18.0 Å². The number of ether oxygens (including phenoxy) is 1. The zero-order chi connectivity index (χ0) is 28.9. The Morgan fingerprint density at radius 3 is 1.76 bits per heavy atom. The van der Waals surface area contributed by atoms with Gasteiger partial charge in [-0.15, -0.1) is 0 Å². The van der Waals surface area contributed by atoms with Crippen LogP contribution in [0, 0.1) is 4.64 Å². The fraction of sp³-hybridized carbons (Fsp3) is 0.0526. The molecule has 204 valence electrons. The summed E-state index contributed by atoms with van der Waals surface area (Å²) in [6.07, 6.45) is 0.607. The van der Waals surface area contributed by atoms with Crippen LogP contribution in [0.2, 0.25) is 0 Å². The van der Waals surface area contributed by atoms with Gasteiger partial charge in [-0.2, -0.15) is 0 Å². The first-order valence-electron chi connectivity index (χ1n) is 13.9. The SMILES string of the molecule is COc1ccc(-n2c(-c3ccccc3)c(Cc3ccccc3)c(-c3ccccc3)c(C(=O)c3ccccc3)c2=S)cc1. The minimum Gasteiger partial charge on any atom is -0.497 e. The maximum Gasteiger partial charge on any atom is 0.196 e. The van der Waals surface area contributed by atoms with E-state index in [-0.39, 0.29) is 5.78 Å². The van der Waals surface area contributed by atoms with E-state index in [0.717, 1.165) is 44.9 Å². The molecule has 0 N–H and O–H groups in total. The predicted octanol–water partition coefficient (Wildman–Crippen LogP) is 9.37. The third-order valence-corrected chi connectivity index (χ3v) is 7.79. The van der Waals surface area contributed by atoms with Gasteiger partial charge in [0.2, 0.25) is 0 Å². The molecule has 6 rings (SSSR count). The summed E-state index contributed by atoms with van der Waals surface area (Å²) in [5.41, 5.74) is 7.93. The number of pyridine rings is 1. The predicted molar refractivity (Wildman–Crippen MR) is 173 cm³/mol. The lowest BCUT2D eigenvalue weighted by Gasteiger charge is -2.25. The van der Waals surface area contributed by atoms with E-state index in [0.29, 0.717) is 22.2 Å². The van der Waals surface area contributed by atoms with Crippen molar-refractivity contribution in [3.63, 3.8) is 0 Å². The Morgan fingerprint density at radius 2 is 1.19 bits per heavy atom. The first kappa shape index (κ1) is 27.1. The number of carbonyl (C=O) groups excluding carboxylic acids is 1. The molecular weight excluding hydrogens is 534 g/mol. The van der Waals surface area contributed by atoms with E-state index in [1.165, 1.54) is 0 Å². The average Bonchev–Trinajstić information content (AvgIpc) is 3.06. The molecular formula is C38H29NO2S. The van der Waals surface area contributed by atoms with Crippen LogP contribution in [0.1, 0.15) is 27.0 Å². The highest BCUT2D eigenvalue weighted by atomic mass is 32.1. The summed E-state index contributed by atoms with van der Waals surface area (Å²) in [4.78, 5) is 14.5. The van der Waals surface area contributed by atoms with Crippen molar-refractivity contribution in [1.29, 1.82) is 0 Å². The number of nitrogens with zero attached hydrogens (tertiary/aromatic N) is 1. The summed E-state index contributed by atoms with van der Waals surface area (Å²) < 4.78 is 7.98. The molecule has 0 amide bonds. The largest absolute Gasteiger partial charge is 0.497 e. The van der Waals surface area contributed by atoms with E-state index in [1.54, 1.807) is 7.11 Å². The Bertz CT molecular complexity index is 1880. The van der Waals surface area contributed by atoms with Crippen molar-refractivity contribution in [2.24, 2.45) is 0 Å². The second-order valence-corrected chi connectivity index (χ2v) is 10.4. The summed E-state index contributed by atoms with van der Waals surface area (Å²) in [5.74, 6) is 0.646. The summed E-state index contributed by atoms with van der Waals surface area (Å²) in [6.45, 7) is 0. The van der Waals surface area contributed by atoms with Gasteiger partial charge in [-0.1, -0.05) is 134 Å². The van der Waals surface area contributed by atoms with Gasteiger partial charge in [0.25, 0.3) is 0 Å². The van der Waals surface area contributed by atoms with Crippen LogP contribution in [0.4, 0.5) is 0 Å². The normalized spacial score (nSPS) is 10.8. The van der Waals surface area contributed by atoms with Crippen LogP contribution in [0.25, 0.3) is 28.1 Å². The molecule has 5 aromatic carbocycles. The first-order chi connectivity index (χ1) is 20.7. The van der Waals surface area contributed by atoms with Crippen LogP contribution in [0.5, 0.6) is 5.75 Å². The number of methoxy groups -OCH3 is 1. The zero-order valence-corrected chi connectivity index (χ0v) is 24.1. The summed E-state index contributed by atoms with van der Waals surface area (Å²) in [5, 5.41) is 0. The second-order valence-electron chi connectivity index (χ2n) is 10.0. The van der Waals surface area contributed by atoms with E-state index in [9.17, 15) is 4.79 Å². The molecule has 0 aliphatic heterocycles. The van der Waals surface area contributed by atoms with E-state index < -0.39 is 0 Å². The maximum atomic E-state index is 14.5. The smallest absolute Gasteiger partial charge is 0.196 e. The summed E-state index contributed by atoms with van der Waals surface area (Å²) in [7, 11) is 1.65. The minimum absolute atomic E-state index is 0.101. The number of benzene rings is 5. The van der Waals surface area contributed by atoms with E-state index >= 15 is 0 Å². The van der Waals surface area contributed by atoms with Crippen molar-refractivity contribution in [2.75, 3.05) is 7.11 Å². The summed E-state index contributed by atoms with van der Waals surface area (Å²) >= 11 is 6.32. The van der Waals surface area contributed by atoms with Crippen LogP contribution in [-0.4, -0.2) is 17.5 Å². The Balaban J connectivity index is 1.80. The average molecular weight is 564 g/mol. The Hall–Kier alpha value is -5.06. The van der Waals surface area contributed by atoms with Crippen LogP contribution >= 0.6 is 12.2 Å². The standard InChI is InChI=1S/C38H29NO2S/c1-41-32-24-22-31(23-25-32)39-36(29-18-10-4-11-19-29)33(26-27-14-6-2-7-15-27)34(28-16-8-3-9-17-28)35(38(39)42)37(40)30-20-12-5-13-21-30/h2-25H,26H2,1H3. The van der Waals surface area contributed by atoms with Gasteiger partial charge in [-0.3, -0.25) is 9.36 Å². The van der Waals surface area contributed by atoms with Gasteiger partial charge in [-0.05, 0) is 46.5 Å². The highest BCUT2D eigenvalue weighted by Crippen LogP contribution is 2.40. The van der Waals surface area contributed by atoms with Crippen molar-refractivity contribution in [3.05, 3.63) is 172 Å². The molecule has 0 saturated heterocycles. The van der Waals surface area contributed by atoms with Crippen LogP contribution in [0.3, 0.4) is 0 Å². The topological polar surface area (TPSA) is 31.2 Å². The second kappa shape index (κ2) is 12.2. The van der Waals surface area contributed by atoms with Gasteiger partial charge in [0.05, 0.1) is 18.4 Å². The fourth-order valence-corrected chi connectivity index (χ4v) is 5.83. The Morgan fingerprint density at radius 1 is 0.667 bits per heavy atom. The summed E-state index contributed by atoms with van der Waals surface area (Å²) in [6, 6.07) is 48.0. The van der Waals surface area contributed by atoms with Crippen LogP contribution in [-0.2, 0) is 6.42 Å². The molecule has 0 spiro atoms. The molecule has 6 aromatic rings. The molecule has 0 bridgehead atoms. The van der Waals surface area contributed by atoms with Crippen molar-refractivity contribution in [1.82, 2.24) is 4.57 Å². The van der Waals surface area contributed by atoms with Crippen molar-refractivity contribution in [3.8, 4) is 33.8 Å². The highest BCUT2D eigenvalue weighted by molar-refractivity contribution is 7.71. The molecule has 3 nitrogen and oxygen atoms in total. The number of ketones is 1. The molecule has 0 unspecified atom stereocenters. The number of carbonyl (C=O) groups is 1. The first-order valence-corrected chi connectivity index (χ1v) is 14.3. The molecule has 0 atom stereocenters. The molecule has 4 heteroatoms. The van der Waals surface area contributed by atoms with Crippen molar-refractivity contribution < 1.29 is 9.53 Å². The molecule has 0 saturated carbocycles. The molecule has 1 aromatic heterocycles. The number of rotatable bonds is 8. The highest BCUT2D eigenvalue weighted by Gasteiger charge is 2.27. The van der Waals surface area contributed by atoms with E-state index in [2.05, 4.69) is 53.1 Å². The van der Waals surface area contributed by atoms with Gasteiger partial charge in [0.1, 0.15) is 10.4 Å². The van der Waals surface area contributed by atoms with Gasteiger partial charge in [0.15, 0.2) is 5.78 Å². The van der Waals surface area contributed by atoms with Gasteiger partial charge < -0.3 is 4.74 Å². The Kier molecular flexibility index (Phi) is 7.89. The quantitative estimate of drug-likeness (QED) is 0.137. The van der Waals surface area contributed by atoms with Crippen molar-refractivity contribution in [2.45, 2.75) is 6.42 Å². The van der Waals surface area contributed by atoms with Gasteiger partial charge in [-0.25, -0.2) is 0 Å². The lowest BCUT2D eigenvalue weighted by atomic mass is 9.86. The molecule has 0 radical (unpaired) electrons. The fourth-order valence-electron chi connectivity index (χ4n) is 5.44. The number of hydrogen-bond donors (Lipinski definition) is 0. The van der Waals surface area contributed by atoms with E-state index in [4.69, 9.17) is 17.0 Å². The maximum absolute atomic E-state index is 14.5. The molecule has 1 heterocycles. The number of aromatic nitrogens is 1. The number of hydrogen-bond acceptors (Lipinski definition) is 3. The van der Waals surface area contributed by atoms with E-state index in [1.807, 2.05) is 97.1 Å². The van der Waals surface area contributed by atoms with Crippen LogP contribution < -0.4 is 4.74 Å².